The van der Waals surface area contributed by atoms with Gasteiger partial charge in [-0.3, -0.25) is 0 Å². The molecule has 0 radical (unpaired) electrons. The first-order chi connectivity index (χ1) is 10.00. The Bertz CT molecular complexity index is 632. The van der Waals surface area contributed by atoms with Crippen LogP contribution in [0.4, 0.5) is 4.39 Å². The van der Waals surface area contributed by atoms with Gasteiger partial charge in [0.15, 0.2) is 0 Å². The summed E-state index contributed by atoms with van der Waals surface area (Å²) in [6.07, 6.45) is 3.71. The monoisotopic (exact) mass is 332 g/mol. The fourth-order valence-electron chi connectivity index (χ4n) is 3.31. The fraction of sp³-hybridized carbons (Fsp3) is 0.571. The molecule has 0 amide bonds. The molecule has 2 fully saturated rings. The summed E-state index contributed by atoms with van der Waals surface area (Å²) in [7, 11) is -3.76. The maximum atomic E-state index is 13.4. The maximum absolute atomic E-state index is 13.4. The van der Waals surface area contributed by atoms with Crippen molar-refractivity contribution in [2.45, 2.75) is 42.7 Å². The molecule has 2 heterocycles. The highest BCUT2D eigenvalue weighted by molar-refractivity contribution is 7.89. The minimum atomic E-state index is -3.76. The lowest BCUT2D eigenvalue weighted by atomic mass is 10.1. The van der Waals surface area contributed by atoms with E-state index in [1.165, 1.54) is 16.4 Å². The number of sulfonamides is 1. The molecule has 0 bridgehead atoms. The van der Waals surface area contributed by atoms with Gasteiger partial charge in [-0.2, -0.15) is 4.31 Å². The largest absolute Gasteiger partial charge is 0.312 e. The molecule has 2 saturated heterocycles. The summed E-state index contributed by atoms with van der Waals surface area (Å²) in [5.41, 5.74) is 0. The molecular weight excluding hydrogens is 315 g/mol. The maximum Gasteiger partial charge on any atom is 0.244 e. The van der Waals surface area contributed by atoms with Gasteiger partial charge in [0.2, 0.25) is 10.0 Å². The van der Waals surface area contributed by atoms with Gasteiger partial charge in [0, 0.05) is 18.6 Å². The lowest BCUT2D eigenvalue weighted by Crippen LogP contribution is -2.46. The van der Waals surface area contributed by atoms with Gasteiger partial charge >= 0.3 is 0 Å². The summed E-state index contributed by atoms with van der Waals surface area (Å²) in [6.45, 7) is 1.40. The average Bonchev–Trinajstić information content (AvgIpc) is 3.10. The first-order valence-corrected chi connectivity index (χ1v) is 9.02. The van der Waals surface area contributed by atoms with Crippen molar-refractivity contribution < 1.29 is 12.8 Å². The predicted molar refractivity (Wildman–Crippen MR) is 79.3 cm³/mol. The van der Waals surface area contributed by atoms with E-state index in [2.05, 4.69) is 5.32 Å². The molecular formula is C14H18ClFN2O2S. The summed E-state index contributed by atoms with van der Waals surface area (Å²) < 4.78 is 40.5. The van der Waals surface area contributed by atoms with Crippen LogP contribution in [0.3, 0.4) is 0 Å². The van der Waals surface area contributed by atoms with Crippen LogP contribution < -0.4 is 5.32 Å². The Hall–Kier alpha value is -0.690. The van der Waals surface area contributed by atoms with E-state index in [4.69, 9.17) is 11.6 Å². The smallest absolute Gasteiger partial charge is 0.244 e. The minimum absolute atomic E-state index is 0.0585. The molecule has 3 rings (SSSR count). The molecule has 21 heavy (non-hydrogen) atoms. The third kappa shape index (κ3) is 2.82. The van der Waals surface area contributed by atoms with E-state index in [9.17, 15) is 12.8 Å². The van der Waals surface area contributed by atoms with E-state index in [1.807, 2.05) is 0 Å². The van der Waals surface area contributed by atoms with Crippen molar-refractivity contribution in [3.8, 4) is 0 Å². The number of nitrogens with zero attached hydrogens (tertiary/aromatic N) is 1. The Morgan fingerprint density at radius 1 is 1.29 bits per heavy atom. The molecule has 2 aliphatic rings. The van der Waals surface area contributed by atoms with Gasteiger partial charge in [0.05, 0.1) is 5.02 Å². The van der Waals surface area contributed by atoms with Crippen molar-refractivity contribution in [2.75, 3.05) is 13.1 Å². The summed E-state index contributed by atoms with van der Waals surface area (Å²) in [5.74, 6) is -0.590. The van der Waals surface area contributed by atoms with Crippen molar-refractivity contribution in [3.05, 3.63) is 29.0 Å². The van der Waals surface area contributed by atoms with Gasteiger partial charge in [-0.15, -0.1) is 0 Å². The topological polar surface area (TPSA) is 49.4 Å². The first-order valence-electron chi connectivity index (χ1n) is 7.20. The van der Waals surface area contributed by atoms with E-state index in [0.717, 1.165) is 38.3 Å². The first kappa shape index (κ1) is 15.2. The van der Waals surface area contributed by atoms with Crippen LogP contribution in [0.2, 0.25) is 5.02 Å². The Kier molecular flexibility index (Phi) is 4.23. The highest BCUT2D eigenvalue weighted by atomic mass is 35.5. The van der Waals surface area contributed by atoms with Gasteiger partial charge in [-0.05, 0) is 50.4 Å². The van der Waals surface area contributed by atoms with Gasteiger partial charge < -0.3 is 5.32 Å². The predicted octanol–water partition coefficient (Wildman–Crippen LogP) is 2.38. The van der Waals surface area contributed by atoms with E-state index < -0.39 is 15.8 Å². The molecule has 2 unspecified atom stereocenters. The lowest BCUT2D eigenvalue weighted by Gasteiger charge is -2.29. The van der Waals surface area contributed by atoms with Crippen molar-refractivity contribution in [3.63, 3.8) is 0 Å². The van der Waals surface area contributed by atoms with Crippen LogP contribution in [0.25, 0.3) is 0 Å². The van der Waals surface area contributed by atoms with E-state index in [0.29, 0.717) is 6.54 Å². The third-order valence-electron chi connectivity index (χ3n) is 4.29. The second kappa shape index (κ2) is 5.83. The van der Waals surface area contributed by atoms with Crippen molar-refractivity contribution in [1.82, 2.24) is 9.62 Å². The van der Waals surface area contributed by atoms with E-state index in [1.54, 1.807) is 0 Å². The van der Waals surface area contributed by atoms with Crippen LogP contribution in [0.1, 0.15) is 25.7 Å². The van der Waals surface area contributed by atoms with Crippen molar-refractivity contribution in [2.24, 2.45) is 0 Å². The van der Waals surface area contributed by atoms with Crippen LogP contribution in [0.15, 0.2) is 23.1 Å². The molecule has 116 valence electrons. The second-order valence-electron chi connectivity index (χ2n) is 5.60. The number of rotatable bonds is 3. The Morgan fingerprint density at radius 2 is 2.10 bits per heavy atom. The van der Waals surface area contributed by atoms with E-state index >= 15 is 0 Å². The quantitative estimate of drug-likeness (QED) is 0.924. The molecule has 0 spiro atoms. The number of benzene rings is 1. The van der Waals surface area contributed by atoms with Gasteiger partial charge in [-0.1, -0.05) is 11.6 Å². The molecule has 1 N–H and O–H groups in total. The van der Waals surface area contributed by atoms with Gasteiger partial charge in [0.25, 0.3) is 0 Å². The lowest BCUT2D eigenvalue weighted by molar-refractivity contribution is 0.322. The highest BCUT2D eigenvalue weighted by Gasteiger charge is 2.41. The number of halogens is 2. The molecule has 1 aromatic rings. The van der Waals surface area contributed by atoms with Crippen LogP contribution >= 0.6 is 11.6 Å². The number of nitrogens with one attached hydrogen (secondary N) is 1. The Labute approximate surface area is 129 Å². The Morgan fingerprint density at radius 3 is 2.81 bits per heavy atom. The Balaban J connectivity index is 1.95. The fourth-order valence-corrected chi connectivity index (χ4v) is 5.52. The highest BCUT2D eigenvalue weighted by Crippen LogP contribution is 2.33. The zero-order chi connectivity index (χ0) is 15.0. The summed E-state index contributed by atoms with van der Waals surface area (Å²) >= 11 is 5.98. The summed E-state index contributed by atoms with van der Waals surface area (Å²) in [4.78, 5) is -0.130. The van der Waals surface area contributed by atoms with Crippen molar-refractivity contribution in [1.29, 1.82) is 0 Å². The van der Waals surface area contributed by atoms with Gasteiger partial charge in [-0.25, -0.2) is 12.8 Å². The molecule has 7 heteroatoms. The molecule has 2 aliphatic heterocycles. The van der Waals surface area contributed by atoms with Crippen molar-refractivity contribution >= 4 is 21.6 Å². The van der Waals surface area contributed by atoms with Crippen LogP contribution in [0, 0.1) is 5.82 Å². The van der Waals surface area contributed by atoms with E-state index in [-0.39, 0.29) is 22.0 Å². The molecule has 1 aromatic carbocycles. The zero-order valence-electron chi connectivity index (χ0n) is 11.6. The van der Waals surface area contributed by atoms with Crippen LogP contribution in [-0.4, -0.2) is 37.9 Å². The molecule has 4 nitrogen and oxygen atoms in total. The van der Waals surface area contributed by atoms with Gasteiger partial charge in [0.1, 0.15) is 10.7 Å². The minimum Gasteiger partial charge on any atom is -0.312 e. The number of hydrogen-bond acceptors (Lipinski definition) is 3. The molecule has 0 saturated carbocycles. The summed E-state index contributed by atoms with van der Waals surface area (Å²) in [5, 5.41) is 3.44. The SMILES string of the molecule is O=S(=O)(c1cc(F)ccc1Cl)N1CCCC1C1CCCN1. The molecule has 0 aromatic heterocycles. The zero-order valence-corrected chi connectivity index (χ0v) is 13.1. The second-order valence-corrected chi connectivity index (χ2v) is 7.87. The summed E-state index contributed by atoms with van der Waals surface area (Å²) in [6, 6.07) is 3.60. The van der Waals surface area contributed by atoms with Crippen LogP contribution in [0.5, 0.6) is 0 Å². The molecule has 0 aliphatic carbocycles. The normalized spacial score (nSPS) is 27.3. The molecule has 2 atom stereocenters. The average molecular weight is 333 g/mol. The standard InChI is InChI=1S/C14H18ClFN2O2S/c15-11-6-5-10(16)9-14(11)21(19,20)18-8-2-4-13(18)12-3-1-7-17-12/h5-6,9,12-13,17H,1-4,7-8H2. The number of hydrogen-bond donors (Lipinski definition) is 1. The third-order valence-corrected chi connectivity index (χ3v) is 6.70. The van der Waals surface area contributed by atoms with Crippen LogP contribution in [-0.2, 0) is 10.0 Å².